The van der Waals surface area contributed by atoms with Crippen LogP contribution in [0.4, 0.5) is 23.7 Å². The second-order valence-electron chi connectivity index (χ2n) is 5.02. The maximum absolute atomic E-state index is 12.7. The van der Waals surface area contributed by atoms with Crippen LogP contribution < -0.4 is 5.32 Å². The topological polar surface area (TPSA) is 52.6 Å². The molecule has 2 N–H and O–H groups in total. The Balaban J connectivity index is 2.80. The molecule has 0 heterocycles. The van der Waals surface area contributed by atoms with Gasteiger partial charge in [-0.2, -0.15) is 13.2 Å². The molecular formula is C14H19F3N2O2. The van der Waals surface area contributed by atoms with Crippen LogP contribution in [-0.2, 0) is 6.18 Å². The van der Waals surface area contributed by atoms with Crippen LogP contribution in [0.2, 0.25) is 0 Å². The molecule has 118 valence electrons. The van der Waals surface area contributed by atoms with Gasteiger partial charge in [0.15, 0.2) is 0 Å². The number of halogens is 3. The van der Waals surface area contributed by atoms with Gasteiger partial charge in [0.2, 0.25) is 0 Å². The molecule has 0 radical (unpaired) electrons. The Hall–Kier alpha value is -1.76. The lowest BCUT2D eigenvalue weighted by atomic mass is 10.1. The molecule has 1 aromatic carbocycles. The van der Waals surface area contributed by atoms with Crippen molar-refractivity contribution in [3.05, 3.63) is 29.3 Å². The van der Waals surface area contributed by atoms with Gasteiger partial charge < -0.3 is 15.3 Å². The highest BCUT2D eigenvalue weighted by atomic mass is 19.4. The van der Waals surface area contributed by atoms with E-state index in [9.17, 15) is 18.0 Å². The Kier molecular flexibility index (Phi) is 5.60. The number of alkyl halides is 3. The highest BCUT2D eigenvalue weighted by molar-refractivity contribution is 5.90. The van der Waals surface area contributed by atoms with Crippen molar-refractivity contribution in [3.8, 4) is 0 Å². The van der Waals surface area contributed by atoms with E-state index in [4.69, 9.17) is 5.11 Å². The molecule has 0 aliphatic rings. The van der Waals surface area contributed by atoms with Crippen molar-refractivity contribution < 1.29 is 23.1 Å². The molecular weight excluding hydrogens is 285 g/mol. The number of urea groups is 1. The molecule has 1 aromatic rings. The van der Waals surface area contributed by atoms with E-state index in [1.54, 1.807) is 13.8 Å². The summed E-state index contributed by atoms with van der Waals surface area (Å²) in [6, 6.07) is 2.68. The van der Waals surface area contributed by atoms with Gasteiger partial charge in [-0.3, -0.25) is 0 Å². The number of hydrogen-bond donors (Lipinski definition) is 2. The summed E-state index contributed by atoms with van der Waals surface area (Å²) in [4.78, 5) is 13.2. The van der Waals surface area contributed by atoms with Gasteiger partial charge in [-0.1, -0.05) is 6.07 Å². The van der Waals surface area contributed by atoms with E-state index < -0.39 is 23.9 Å². The molecule has 1 rings (SSSR count). The number of benzene rings is 1. The predicted molar refractivity (Wildman–Crippen MR) is 74.1 cm³/mol. The Morgan fingerprint density at radius 3 is 2.57 bits per heavy atom. The molecule has 0 fully saturated rings. The van der Waals surface area contributed by atoms with E-state index in [1.165, 1.54) is 18.0 Å². The van der Waals surface area contributed by atoms with Gasteiger partial charge in [0.25, 0.3) is 0 Å². The van der Waals surface area contributed by atoms with Crippen molar-refractivity contribution in [1.82, 2.24) is 4.90 Å². The lowest BCUT2D eigenvalue weighted by molar-refractivity contribution is -0.137. The van der Waals surface area contributed by atoms with E-state index in [0.29, 0.717) is 18.5 Å². The first-order valence-electron chi connectivity index (χ1n) is 6.49. The van der Waals surface area contributed by atoms with Crippen LogP contribution in [0.1, 0.15) is 24.5 Å². The SMILES string of the molecule is Cc1ccc(C(F)(F)F)cc1NC(=O)N(C)CCC(C)O. The Labute approximate surface area is 121 Å². The van der Waals surface area contributed by atoms with E-state index in [0.717, 1.165) is 12.1 Å². The van der Waals surface area contributed by atoms with E-state index in [-0.39, 0.29) is 5.69 Å². The number of carbonyl (C=O) groups is 1. The lowest BCUT2D eigenvalue weighted by Gasteiger charge is -2.20. The monoisotopic (exact) mass is 304 g/mol. The van der Waals surface area contributed by atoms with Gasteiger partial charge in [-0.15, -0.1) is 0 Å². The van der Waals surface area contributed by atoms with Gasteiger partial charge in [-0.25, -0.2) is 4.79 Å². The number of nitrogens with zero attached hydrogens (tertiary/aromatic N) is 1. The average Bonchev–Trinajstić information content (AvgIpc) is 2.36. The van der Waals surface area contributed by atoms with Gasteiger partial charge in [0.05, 0.1) is 11.7 Å². The molecule has 21 heavy (non-hydrogen) atoms. The van der Waals surface area contributed by atoms with Crippen LogP contribution in [0.5, 0.6) is 0 Å². The number of carbonyl (C=O) groups excluding carboxylic acids is 1. The molecule has 0 aliphatic carbocycles. The summed E-state index contributed by atoms with van der Waals surface area (Å²) in [5, 5.41) is 11.6. The molecule has 1 unspecified atom stereocenters. The Morgan fingerprint density at radius 1 is 1.43 bits per heavy atom. The first kappa shape index (κ1) is 17.3. The summed E-state index contributed by atoms with van der Waals surface area (Å²) in [5.41, 5.74) is -0.144. The van der Waals surface area contributed by atoms with E-state index in [2.05, 4.69) is 5.32 Å². The minimum atomic E-state index is -4.45. The quantitative estimate of drug-likeness (QED) is 0.897. The van der Waals surface area contributed by atoms with Gasteiger partial charge in [0.1, 0.15) is 0 Å². The summed E-state index contributed by atoms with van der Waals surface area (Å²) in [5.74, 6) is 0. The first-order chi connectivity index (χ1) is 9.61. The maximum atomic E-state index is 12.7. The van der Waals surface area contributed by atoms with E-state index in [1.807, 2.05) is 0 Å². The first-order valence-corrected chi connectivity index (χ1v) is 6.49. The molecule has 0 aromatic heterocycles. The van der Waals surface area contributed by atoms with Crippen molar-refractivity contribution in [3.63, 3.8) is 0 Å². The third-order valence-electron chi connectivity index (χ3n) is 3.04. The van der Waals surface area contributed by atoms with Crippen LogP contribution >= 0.6 is 0 Å². The fraction of sp³-hybridized carbons (Fsp3) is 0.500. The van der Waals surface area contributed by atoms with E-state index >= 15 is 0 Å². The highest BCUT2D eigenvalue weighted by Crippen LogP contribution is 2.32. The number of anilines is 1. The number of hydrogen-bond acceptors (Lipinski definition) is 2. The molecule has 4 nitrogen and oxygen atoms in total. The standard InChI is InChI=1S/C14H19F3N2O2/c1-9-4-5-11(14(15,16)17)8-12(9)18-13(21)19(3)7-6-10(2)20/h4-5,8,10,20H,6-7H2,1-3H3,(H,18,21). The third kappa shape index (κ3) is 5.26. The second-order valence-corrected chi connectivity index (χ2v) is 5.02. The zero-order valence-corrected chi connectivity index (χ0v) is 12.2. The normalized spacial score (nSPS) is 12.9. The van der Waals surface area contributed by atoms with Gasteiger partial charge in [-0.05, 0) is 38.0 Å². The number of amides is 2. The number of rotatable bonds is 4. The molecule has 0 saturated heterocycles. The summed E-state index contributed by atoms with van der Waals surface area (Å²) in [7, 11) is 1.51. The molecule has 7 heteroatoms. The number of aryl methyl sites for hydroxylation is 1. The largest absolute Gasteiger partial charge is 0.416 e. The van der Waals surface area contributed by atoms with Gasteiger partial charge in [0, 0.05) is 19.3 Å². The predicted octanol–water partition coefficient (Wildman–Crippen LogP) is 3.25. The Morgan fingerprint density at radius 2 is 2.05 bits per heavy atom. The van der Waals surface area contributed by atoms with Crippen LogP contribution in [0.15, 0.2) is 18.2 Å². The van der Waals surface area contributed by atoms with Crippen molar-refractivity contribution in [2.75, 3.05) is 18.9 Å². The van der Waals surface area contributed by atoms with Crippen molar-refractivity contribution in [2.24, 2.45) is 0 Å². The summed E-state index contributed by atoms with van der Waals surface area (Å²) >= 11 is 0. The van der Waals surface area contributed by atoms with Crippen LogP contribution in [-0.4, -0.2) is 35.7 Å². The molecule has 2 amide bonds. The lowest BCUT2D eigenvalue weighted by Crippen LogP contribution is -2.33. The van der Waals surface area contributed by atoms with Crippen molar-refractivity contribution in [1.29, 1.82) is 0 Å². The second kappa shape index (κ2) is 6.80. The van der Waals surface area contributed by atoms with Crippen LogP contribution in [0, 0.1) is 6.92 Å². The number of aliphatic hydroxyl groups excluding tert-OH is 1. The summed E-state index contributed by atoms with van der Waals surface area (Å²) < 4.78 is 38.0. The summed E-state index contributed by atoms with van der Waals surface area (Å²) in [6.07, 6.45) is -4.60. The minimum Gasteiger partial charge on any atom is -0.393 e. The van der Waals surface area contributed by atoms with Gasteiger partial charge >= 0.3 is 12.2 Å². The zero-order valence-electron chi connectivity index (χ0n) is 12.2. The number of nitrogens with one attached hydrogen (secondary N) is 1. The Bertz CT molecular complexity index is 501. The smallest absolute Gasteiger partial charge is 0.393 e. The van der Waals surface area contributed by atoms with Crippen molar-refractivity contribution >= 4 is 11.7 Å². The fourth-order valence-electron chi connectivity index (χ4n) is 1.63. The zero-order chi connectivity index (χ0) is 16.2. The molecule has 1 atom stereocenters. The number of aliphatic hydroxyl groups is 1. The summed E-state index contributed by atoms with van der Waals surface area (Å²) in [6.45, 7) is 3.52. The molecule has 0 saturated carbocycles. The fourth-order valence-corrected chi connectivity index (χ4v) is 1.63. The van der Waals surface area contributed by atoms with Crippen LogP contribution in [0.25, 0.3) is 0 Å². The highest BCUT2D eigenvalue weighted by Gasteiger charge is 2.31. The minimum absolute atomic E-state index is 0.124. The maximum Gasteiger partial charge on any atom is 0.416 e. The average molecular weight is 304 g/mol. The third-order valence-corrected chi connectivity index (χ3v) is 3.04. The molecule has 0 spiro atoms. The molecule has 0 bridgehead atoms. The van der Waals surface area contributed by atoms with Crippen LogP contribution in [0.3, 0.4) is 0 Å². The van der Waals surface area contributed by atoms with Crippen molar-refractivity contribution in [2.45, 2.75) is 32.5 Å². The molecule has 0 aliphatic heterocycles.